The Balaban J connectivity index is 2.12. The molecule has 1 aliphatic heterocycles. The quantitative estimate of drug-likeness (QED) is 0.0161. The molecule has 8 amide bonds. The van der Waals surface area contributed by atoms with Crippen LogP contribution >= 0.6 is 12.6 Å². The lowest BCUT2D eigenvalue weighted by Gasteiger charge is -2.28. The molecule has 8 atom stereocenters. The van der Waals surface area contributed by atoms with Crippen LogP contribution in [-0.2, 0) is 54.4 Å². The third-order valence-electron chi connectivity index (χ3n) is 10.4. The van der Waals surface area contributed by atoms with E-state index in [1.807, 2.05) is 0 Å². The normalized spacial score (nSPS) is 16.3. The highest BCUT2D eigenvalue weighted by atomic mass is 32.1. The van der Waals surface area contributed by atoms with Gasteiger partial charge in [0.1, 0.15) is 42.0 Å². The zero-order valence-corrected chi connectivity index (χ0v) is 38.0. The molecule has 26 nitrogen and oxygen atoms in total. The molecule has 1 fully saturated rings. The Kier molecular flexibility index (Phi) is 23.8. The van der Waals surface area contributed by atoms with E-state index in [0.29, 0.717) is 18.4 Å². The molecule has 0 radical (unpaired) electrons. The zero-order chi connectivity index (χ0) is 50.4. The maximum absolute atomic E-state index is 13.4. The van der Waals surface area contributed by atoms with Gasteiger partial charge in [-0.1, -0.05) is 32.4 Å². The number of aliphatic hydroxyl groups is 1. The summed E-state index contributed by atoms with van der Waals surface area (Å²) in [4.78, 5) is 133. The van der Waals surface area contributed by atoms with E-state index < -0.39 is 134 Å². The van der Waals surface area contributed by atoms with Crippen molar-refractivity contribution in [1.82, 2.24) is 42.1 Å². The smallest absolute Gasteiger partial charge is 0.326 e. The van der Waals surface area contributed by atoms with Crippen LogP contribution < -0.4 is 54.4 Å². The molecule has 0 saturated carbocycles. The monoisotopic (exact) mass is 966 g/mol. The van der Waals surface area contributed by atoms with Gasteiger partial charge < -0.3 is 79.7 Å². The van der Waals surface area contributed by atoms with Crippen LogP contribution in [0, 0.1) is 5.92 Å². The number of aliphatic carboxylic acids is 2. The van der Waals surface area contributed by atoms with Crippen molar-refractivity contribution in [2.45, 2.75) is 101 Å². The van der Waals surface area contributed by atoms with E-state index in [4.69, 9.17) is 17.2 Å². The van der Waals surface area contributed by atoms with Gasteiger partial charge in [-0.25, -0.2) is 4.79 Å². The summed E-state index contributed by atoms with van der Waals surface area (Å²) in [5.74, 6) is -10.8. The first-order chi connectivity index (χ1) is 31.6. The molecule has 17 N–H and O–H groups in total. The Morgan fingerprint density at radius 3 is 1.99 bits per heavy atom. The first kappa shape index (κ1) is 56.4. The third kappa shape index (κ3) is 19.3. The molecule has 0 unspecified atom stereocenters. The van der Waals surface area contributed by atoms with E-state index in [9.17, 15) is 68.4 Å². The number of aromatic hydroxyl groups is 1. The van der Waals surface area contributed by atoms with Crippen molar-refractivity contribution in [3.05, 3.63) is 29.8 Å². The number of rotatable bonds is 28. The number of aliphatic imine (C=N–C) groups is 1. The number of phenols is 1. The van der Waals surface area contributed by atoms with E-state index >= 15 is 0 Å². The Labute approximate surface area is 390 Å². The van der Waals surface area contributed by atoms with Crippen LogP contribution in [-0.4, -0.2) is 171 Å². The number of thiol groups is 1. The third-order valence-corrected chi connectivity index (χ3v) is 10.8. The van der Waals surface area contributed by atoms with Crippen LogP contribution in [0.4, 0.5) is 0 Å². The van der Waals surface area contributed by atoms with Crippen molar-refractivity contribution < 1.29 is 68.4 Å². The second-order valence-corrected chi connectivity index (χ2v) is 16.0. The molecular formula is C40H62N12O14S. The molecule has 372 valence electrons. The Morgan fingerprint density at radius 1 is 0.821 bits per heavy atom. The van der Waals surface area contributed by atoms with Gasteiger partial charge >= 0.3 is 11.9 Å². The van der Waals surface area contributed by atoms with Crippen molar-refractivity contribution in [1.29, 1.82) is 0 Å². The number of carboxylic acids is 2. The highest BCUT2D eigenvalue weighted by Gasteiger charge is 2.39. The van der Waals surface area contributed by atoms with Crippen LogP contribution in [0.15, 0.2) is 29.3 Å². The summed E-state index contributed by atoms with van der Waals surface area (Å²) in [6, 6.07) is -3.98. The average molecular weight is 967 g/mol. The van der Waals surface area contributed by atoms with Gasteiger partial charge in [0, 0.05) is 25.3 Å². The van der Waals surface area contributed by atoms with E-state index in [1.54, 1.807) is 13.8 Å². The number of nitrogens with two attached hydrogens (primary N) is 3. The van der Waals surface area contributed by atoms with Crippen molar-refractivity contribution in [2.75, 3.05) is 38.5 Å². The lowest BCUT2D eigenvalue weighted by Crippen LogP contribution is -2.58. The number of carboxylic acid groups (broad SMARTS) is 2. The topological polar surface area (TPSA) is 429 Å². The number of hydrogen-bond acceptors (Lipinski definition) is 15. The Bertz CT molecular complexity index is 1950. The minimum Gasteiger partial charge on any atom is -0.508 e. The van der Waals surface area contributed by atoms with E-state index in [2.05, 4.69) is 54.8 Å². The van der Waals surface area contributed by atoms with Crippen LogP contribution in [0.5, 0.6) is 5.75 Å². The highest BCUT2D eigenvalue weighted by molar-refractivity contribution is 7.80. The fraction of sp³-hybridized carbons (Fsp3) is 0.575. The van der Waals surface area contributed by atoms with Crippen molar-refractivity contribution >= 4 is 77.8 Å². The number of nitrogens with zero attached hydrogens (tertiary/aromatic N) is 2. The summed E-state index contributed by atoms with van der Waals surface area (Å²) in [5.41, 5.74) is 16.9. The first-order valence-corrected chi connectivity index (χ1v) is 21.9. The molecular weight excluding hydrogens is 905 g/mol. The number of likely N-dealkylation sites (tertiary alicyclic amines) is 1. The van der Waals surface area contributed by atoms with Gasteiger partial charge in [-0.3, -0.25) is 48.1 Å². The molecule has 0 aliphatic carbocycles. The standard InChI is InChI=1S/C40H62N12O14S/c1-3-20(2)32(39(65)66)51-35(61)25(14-21-8-10-22(54)11-9-21)49-36(62)27(18-53)48-30(56)16-45-34(60)24(6-4-12-44-40(42)43)47-29(55)17-46-37(63)28-7-5-13-52(28)38(64)26(15-31(57)58)50-33(59)23(41)19-67/h8-11,20,23-28,32,53-54,67H,3-7,12-19,41H2,1-2H3,(H,45,60)(H,46,63)(H,47,55)(H,48,56)(H,49,62)(H,50,59)(H,51,61)(H,57,58)(H,65,66)(H4,42,43,44)/t20-,23-,24-,25-,26-,27-,28-,32-/m0/s1. The van der Waals surface area contributed by atoms with Crippen LogP contribution in [0.2, 0.25) is 0 Å². The number of carbonyl (C=O) groups excluding carboxylic acids is 8. The molecule has 1 saturated heterocycles. The number of guanidine groups is 1. The summed E-state index contributed by atoms with van der Waals surface area (Å²) >= 11 is 3.93. The van der Waals surface area contributed by atoms with Gasteiger partial charge in [-0.2, -0.15) is 12.6 Å². The summed E-state index contributed by atoms with van der Waals surface area (Å²) in [6.07, 6.45) is -0.0702. The van der Waals surface area contributed by atoms with E-state index in [1.165, 1.54) is 24.3 Å². The van der Waals surface area contributed by atoms with Gasteiger partial charge in [-0.05, 0) is 49.3 Å². The second kappa shape index (κ2) is 28.3. The number of benzene rings is 1. The number of nitrogens with one attached hydrogen (secondary N) is 7. The molecule has 0 bridgehead atoms. The molecule has 2 rings (SSSR count). The lowest BCUT2D eigenvalue weighted by molar-refractivity contribution is -0.146. The molecule has 1 aromatic carbocycles. The molecule has 0 aromatic heterocycles. The van der Waals surface area contributed by atoms with Gasteiger partial charge in [0.25, 0.3) is 0 Å². The molecule has 1 aliphatic rings. The van der Waals surface area contributed by atoms with Crippen LogP contribution in [0.1, 0.15) is 57.9 Å². The summed E-state index contributed by atoms with van der Waals surface area (Å²) < 4.78 is 0. The van der Waals surface area contributed by atoms with E-state index in [-0.39, 0.29) is 56.2 Å². The van der Waals surface area contributed by atoms with Gasteiger partial charge in [0.15, 0.2) is 5.96 Å². The summed E-state index contributed by atoms with van der Waals surface area (Å²) in [5, 5.41) is 55.3. The fourth-order valence-corrected chi connectivity index (χ4v) is 6.72. The molecule has 67 heavy (non-hydrogen) atoms. The minimum absolute atomic E-state index is 0.0301. The van der Waals surface area contributed by atoms with Crippen LogP contribution in [0.25, 0.3) is 0 Å². The van der Waals surface area contributed by atoms with Crippen molar-refractivity contribution in [2.24, 2.45) is 28.1 Å². The predicted octanol–water partition coefficient (Wildman–Crippen LogP) is -5.51. The predicted molar refractivity (Wildman–Crippen MR) is 240 cm³/mol. The maximum Gasteiger partial charge on any atom is 0.326 e. The minimum atomic E-state index is -1.67. The number of phenolic OH excluding ortho intramolecular Hbond substituents is 1. The fourth-order valence-electron chi connectivity index (χ4n) is 6.56. The average Bonchev–Trinajstić information content (AvgIpc) is 3.78. The van der Waals surface area contributed by atoms with Crippen molar-refractivity contribution in [3.63, 3.8) is 0 Å². The van der Waals surface area contributed by atoms with Gasteiger partial charge in [-0.15, -0.1) is 0 Å². The van der Waals surface area contributed by atoms with Crippen molar-refractivity contribution in [3.8, 4) is 5.75 Å². The number of hydrogen-bond donors (Lipinski definition) is 15. The number of carbonyl (C=O) groups is 10. The lowest BCUT2D eigenvalue weighted by atomic mass is 9.98. The Hall–Kier alpha value is -6.74. The maximum atomic E-state index is 13.4. The summed E-state index contributed by atoms with van der Waals surface area (Å²) in [6.45, 7) is 0.943. The Morgan fingerprint density at radius 2 is 1.42 bits per heavy atom. The summed E-state index contributed by atoms with van der Waals surface area (Å²) in [7, 11) is 0. The largest absolute Gasteiger partial charge is 0.508 e. The van der Waals surface area contributed by atoms with Gasteiger partial charge in [0.05, 0.1) is 32.2 Å². The number of amides is 8. The molecule has 1 aromatic rings. The zero-order valence-electron chi connectivity index (χ0n) is 37.1. The molecule has 1 heterocycles. The van der Waals surface area contributed by atoms with E-state index in [0.717, 1.165) is 4.90 Å². The number of aliphatic hydroxyl groups excluding tert-OH is 1. The molecule has 27 heteroatoms. The highest BCUT2D eigenvalue weighted by Crippen LogP contribution is 2.20. The van der Waals surface area contributed by atoms with Gasteiger partial charge in [0.2, 0.25) is 47.3 Å². The first-order valence-electron chi connectivity index (χ1n) is 21.2. The second-order valence-electron chi connectivity index (χ2n) is 15.6. The van der Waals surface area contributed by atoms with Crippen LogP contribution in [0.3, 0.4) is 0 Å². The SMILES string of the molecule is CC[C@H](C)[C@H](NC(=O)[C@H](Cc1ccc(O)cc1)NC(=O)[C@H](CO)NC(=O)CNC(=O)[C@H](CCCN=C(N)N)NC(=O)CNC(=O)[C@@H]1CCCN1C(=O)[C@H](CC(=O)O)NC(=O)[C@@H](N)CS)C(=O)O. The molecule has 0 spiro atoms.